The van der Waals surface area contributed by atoms with Gasteiger partial charge < -0.3 is 4.74 Å². The third kappa shape index (κ3) is 3.63. The van der Waals surface area contributed by atoms with Crippen molar-refractivity contribution < 1.29 is 14.4 Å². The normalized spacial score (nSPS) is 30.5. The van der Waals surface area contributed by atoms with Gasteiger partial charge in [-0.2, -0.15) is 0 Å². The lowest BCUT2D eigenvalue weighted by Gasteiger charge is -2.27. The summed E-state index contributed by atoms with van der Waals surface area (Å²) in [5.41, 5.74) is 1.35. The number of benzene rings is 1. The molecule has 3 aliphatic heterocycles. The fourth-order valence-corrected chi connectivity index (χ4v) is 4.14. The molecule has 1 aromatic rings. The van der Waals surface area contributed by atoms with Crippen molar-refractivity contribution in [2.75, 3.05) is 26.2 Å². The van der Waals surface area contributed by atoms with E-state index in [4.69, 9.17) is 9.57 Å². The number of amides is 1. The van der Waals surface area contributed by atoms with Gasteiger partial charge in [0.1, 0.15) is 0 Å². The van der Waals surface area contributed by atoms with Crippen molar-refractivity contribution in [1.29, 1.82) is 0 Å². The molecule has 1 aromatic carbocycles. The fourth-order valence-electron chi connectivity index (χ4n) is 4.14. The smallest absolute Gasteiger partial charge is 0.248 e. The van der Waals surface area contributed by atoms with Gasteiger partial charge in [0, 0.05) is 32.1 Å². The Hall–Kier alpha value is -1.43. The van der Waals surface area contributed by atoms with Crippen LogP contribution in [0.1, 0.15) is 31.2 Å². The Morgan fingerprint density at radius 2 is 2.04 bits per heavy atom. The first-order valence-electron chi connectivity index (χ1n) is 9.13. The maximum atomic E-state index is 12.3. The summed E-state index contributed by atoms with van der Waals surface area (Å²) in [5.74, 6) is 0.648. The lowest BCUT2D eigenvalue weighted by atomic mass is 10.0. The van der Waals surface area contributed by atoms with Crippen molar-refractivity contribution in [3.05, 3.63) is 35.9 Å². The molecule has 5 heteroatoms. The van der Waals surface area contributed by atoms with E-state index in [0.29, 0.717) is 18.9 Å². The monoisotopic (exact) mass is 330 g/mol. The molecule has 3 aliphatic rings. The number of hydrogen-bond acceptors (Lipinski definition) is 4. The van der Waals surface area contributed by atoms with Crippen molar-refractivity contribution in [3.63, 3.8) is 0 Å². The van der Waals surface area contributed by atoms with Gasteiger partial charge in [-0.25, -0.2) is 5.06 Å². The van der Waals surface area contributed by atoms with Gasteiger partial charge in [0.15, 0.2) is 0 Å². The molecule has 0 spiro atoms. The van der Waals surface area contributed by atoms with Crippen LogP contribution in [0.15, 0.2) is 30.3 Å². The molecular formula is C19H26N2O3. The SMILES string of the molecule is O=C(C[C@H]1C[C@H]2CN(Cc3ccccc3)C[C@H]2O1)N1CCCCO1. The lowest BCUT2D eigenvalue weighted by molar-refractivity contribution is -0.199. The number of carbonyl (C=O) groups is 1. The first kappa shape index (κ1) is 16.1. The summed E-state index contributed by atoms with van der Waals surface area (Å²) in [6.45, 7) is 4.43. The molecule has 3 heterocycles. The molecule has 0 radical (unpaired) electrons. The fraction of sp³-hybridized carbons (Fsp3) is 0.632. The molecule has 1 amide bonds. The second-order valence-electron chi connectivity index (χ2n) is 7.21. The van der Waals surface area contributed by atoms with Crippen molar-refractivity contribution in [2.45, 2.75) is 44.4 Å². The largest absolute Gasteiger partial charge is 0.373 e. The van der Waals surface area contributed by atoms with Gasteiger partial charge >= 0.3 is 0 Å². The summed E-state index contributed by atoms with van der Waals surface area (Å²) in [7, 11) is 0. The summed E-state index contributed by atoms with van der Waals surface area (Å²) in [5, 5.41) is 1.54. The van der Waals surface area contributed by atoms with Crippen LogP contribution in [0.3, 0.4) is 0 Å². The lowest BCUT2D eigenvalue weighted by Crippen LogP contribution is -2.37. The third-order valence-corrected chi connectivity index (χ3v) is 5.32. The molecule has 4 rings (SSSR count). The molecule has 5 nitrogen and oxygen atoms in total. The summed E-state index contributed by atoms with van der Waals surface area (Å²) >= 11 is 0. The topological polar surface area (TPSA) is 42.0 Å². The van der Waals surface area contributed by atoms with Crippen molar-refractivity contribution in [3.8, 4) is 0 Å². The van der Waals surface area contributed by atoms with Gasteiger partial charge in [0.05, 0.1) is 25.2 Å². The van der Waals surface area contributed by atoms with E-state index in [9.17, 15) is 4.79 Å². The zero-order valence-corrected chi connectivity index (χ0v) is 14.1. The highest BCUT2D eigenvalue weighted by molar-refractivity contribution is 5.75. The molecule has 3 fully saturated rings. The van der Waals surface area contributed by atoms with Gasteiger partial charge in [0.25, 0.3) is 0 Å². The van der Waals surface area contributed by atoms with Crippen LogP contribution in [0.4, 0.5) is 0 Å². The molecule has 3 saturated heterocycles. The van der Waals surface area contributed by atoms with E-state index >= 15 is 0 Å². The van der Waals surface area contributed by atoms with Crippen molar-refractivity contribution >= 4 is 5.91 Å². The number of nitrogens with zero attached hydrogens (tertiary/aromatic N) is 2. The van der Waals surface area contributed by atoms with Gasteiger partial charge in [-0.05, 0) is 24.8 Å². The van der Waals surface area contributed by atoms with Crippen LogP contribution in [0.25, 0.3) is 0 Å². The quantitative estimate of drug-likeness (QED) is 0.849. The number of ether oxygens (including phenoxy) is 1. The molecule has 130 valence electrons. The highest BCUT2D eigenvalue weighted by Gasteiger charge is 2.42. The number of fused-ring (bicyclic) bond motifs is 1. The maximum absolute atomic E-state index is 12.3. The minimum absolute atomic E-state index is 0.0666. The molecular weight excluding hydrogens is 304 g/mol. The van der Waals surface area contributed by atoms with Crippen LogP contribution < -0.4 is 0 Å². The van der Waals surface area contributed by atoms with E-state index in [1.165, 1.54) is 5.56 Å². The minimum atomic E-state index is 0.0666. The standard InChI is InChI=1S/C19H26N2O3/c22-19(21-8-4-5-9-23-21)11-17-10-16-13-20(14-18(16)24-17)12-15-6-2-1-3-7-15/h1-3,6-7,16-18H,4-5,8-14H2/t16-,17+,18+/m0/s1. The Morgan fingerprint density at radius 3 is 2.79 bits per heavy atom. The molecule has 0 aliphatic carbocycles. The molecule has 0 bridgehead atoms. The van der Waals surface area contributed by atoms with Crippen LogP contribution in [0, 0.1) is 5.92 Å². The predicted molar refractivity (Wildman–Crippen MR) is 90.0 cm³/mol. The van der Waals surface area contributed by atoms with Crippen LogP contribution in [0.2, 0.25) is 0 Å². The zero-order chi connectivity index (χ0) is 16.4. The second-order valence-corrected chi connectivity index (χ2v) is 7.21. The Morgan fingerprint density at radius 1 is 1.17 bits per heavy atom. The van der Waals surface area contributed by atoms with Gasteiger partial charge in [0.2, 0.25) is 5.91 Å². The number of carbonyl (C=O) groups excluding carboxylic acids is 1. The highest BCUT2D eigenvalue weighted by atomic mass is 16.7. The summed E-state index contributed by atoms with van der Waals surface area (Å²) in [6.07, 6.45) is 3.90. The molecule has 24 heavy (non-hydrogen) atoms. The van der Waals surface area contributed by atoms with Gasteiger partial charge in [-0.3, -0.25) is 14.5 Å². The number of hydroxylamine groups is 2. The summed E-state index contributed by atoms with van der Waals surface area (Å²) in [6, 6.07) is 10.6. The van der Waals surface area contributed by atoms with Crippen LogP contribution in [-0.2, 0) is 20.9 Å². The van der Waals surface area contributed by atoms with Gasteiger partial charge in [-0.1, -0.05) is 30.3 Å². The third-order valence-electron chi connectivity index (χ3n) is 5.32. The minimum Gasteiger partial charge on any atom is -0.373 e. The van der Waals surface area contributed by atoms with Crippen LogP contribution >= 0.6 is 0 Å². The van der Waals surface area contributed by atoms with Crippen LogP contribution in [0.5, 0.6) is 0 Å². The van der Waals surface area contributed by atoms with E-state index in [-0.39, 0.29) is 18.1 Å². The first-order chi connectivity index (χ1) is 11.8. The number of likely N-dealkylation sites (tertiary alicyclic amines) is 1. The number of hydrogen-bond donors (Lipinski definition) is 0. The van der Waals surface area contributed by atoms with Gasteiger partial charge in [-0.15, -0.1) is 0 Å². The summed E-state index contributed by atoms with van der Waals surface area (Å²) < 4.78 is 6.17. The Balaban J connectivity index is 1.24. The van der Waals surface area contributed by atoms with Crippen molar-refractivity contribution in [1.82, 2.24) is 9.96 Å². The van der Waals surface area contributed by atoms with E-state index in [0.717, 1.165) is 45.4 Å². The molecule has 0 unspecified atom stereocenters. The maximum Gasteiger partial charge on any atom is 0.248 e. The van der Waals surface area contributed by atoms with E-state index in [1.807, 2.05) is 0 Å². The molecule has 0 aromatic heterocycles. The summed E-state index contributed by atoms with van der Waals surface area (Å²) in [4.78, 5) is 20.2. The molecule has 0 N–H and O–H groups in total. The molecule has 0 saturated carbocycles. The zero-order valence-electron chi connectivity index (χ0n) is 14.1. The molecule has 3 atom stereocenters. The second kappa shape index (κ2) is 7.21. The predicted octanol–water partition coefficient (Wildman–Crippen LogP) is 2.22. The number of rotatable bonds is 4. The Bertz CT molecular complexity index is 545. The van der Waals surface area contributed by atoms with Crippen molar-refractivity contribution in [2.24, 2.45) is 5.92 Å². The van der Waals surface area contributed by atoms with E-state index in [1.54, 1.807) is 5.06 Å². The van der Waals surface area contributed by atoms with E-state index < -0.39 is 0 Å². The highest BCUT2D eigenvalue weighted by Crippen LogP contribution is 2.35. The Labute approximate surface area is 143 Å². The van der Waals surface area contributed by atoms with Crippen LogP contribution in [-0.4, -0.2) is 54.3 Å². The first-order valence-corrected chi connectivity index (χ1v) is 9.13. The average Bonchev–Trinajstić information content (AvgIpc) is 3.14. The van der Waals surface area contributed by atoms with E-state index in [2.05, 4.69) is 35.2 Å². The Kier molecular flexibility index (Phi) is 4.83. The average molecular weight is 330 g/mol.